The third kappa shape index (κ3) is 4.42. The zero-order chi connectivity index (χ0) is 27.0. The minimum atomic E-state index is -0.630. The van der Waals surface area contributed by atoms with Crippen LogP contribution in [0.2, 0.25) is 0 Å². The lowest BCUT2D eigenvalue weighted by atomic mass is 9.72. The minimum Gasteiger partial charge on any atom is -0.493 e. The van der Waals surface area contributed by atoms with Gasteiger partial charge in [-0.2, -0.15) is 0 Å². The molecule has 7 heteroatoms. The highest BCUT2D eigenvalue weighted by Gasteiger charge is 2.46. The van der Waals surface area contributed by atoms with Crippen molar-refractivity contribution in [2.75, 3.05) is 26.2 Å². The maximum Gasteiger partial charge on any atom is 0.224 e. The van der Waals surface area contributed by atoms with Gasteiger partial charge in [0.2, 0.25) is 11.7 Å². The van der Waals surface area contributed by atoms with Crippen molar-refractivity contribution < 1.29 is 23.8 Å². The lowest BCUT2D eigenvalue weighted by molar-refractivity contribution is -0.123. The first-order valence-electron chi connectivity index (χ1n) is 12.7. The van der Waals surface area contributed by atoms with E-state index in [9.17, 15) is 9.59 Å². The summed E-state index contributed by atoms with van der Waals surface area (Å²) >= 11 is 0. The van der Waals surface area contributed by atoms with Crippen LogP contribution in [-0.2, 0) is 9.59 Å². The number of hydrogen-bond acceptors (Lipinski definition) is 6. The summed E-state index contributed by atoms with van der Waals surface area (Å²) in [6.07, 6.45) is 0.996. The Bertz CT molecular complexity index is 1390. The first-order valence-corrected chi connectivity index (χ1v) is 12.7. The van der Waals surface area contributed by atoms with Crippen LogP contribution in [0.1, 0.15) is 48.4 Å². The number of aryl methyl sites for hydroxylation is 1. The first kappa shape index (κ1) is 25.5. The molecule has 7 nitrogen and oxygen atoms in total. The Balaban J connectivity index is 1.71. The summed E-state index contributed by atoms with van der Waals surface area (Å²) in [5, 5.41) is 0. The lowest BCUT2D eigenvalue weighted by Gasteiger charge is -2.38. The largest absolute Gasteiger partial charge is 0.493 e. The quantitative estimate of drug-likeness (QED) is 0.421. The number of hydrogen-bond donors (Lipinski definition) is 0. The Kier molecular flexibility index (Phi) is 6.93. The fourth-order valence-electron chi connectivity index (χ4n) is 5.75. The van der Waals surface area contributed by atoms with E-state index < -0.39 is 12.0 Å². The summed E-state index contributed by atoms with van der Waals surface area (Å²) < 4.78 is 16.8. The monoisotopic (exact) mass is 512 g/mol. The van der Waals surface area contributed by atoms with Gasteiger partial charge in [-0.05, 0) is 54.7 Å². The maximum atomic E-state index is 14.1. The standard InChI is InChI=1S/C31H32N2O5/c1-18-10-12-20(13-11-18)21-14-24-29(26(35)15-21)30(22-16-27(36-3)31(38-5)28(17-22)37-4)33(19(2)34)25-9-7-6-8-23(25)32-24/h6-13,16-17,21,29-30H,14-15H2,1-5H3. The average Bonchev–Trinajstić information content (AvgIpc) is 3.07. The molecule has 38 heavy (non-hydrogen) atoms. The molecule has 0 saturated heterocycles. The van der Waals surface area contributed by atoms with E-state index in [1.54, 1.807) is 26.2 Å². The molecule has 5 rings (SSSR count). The van der Waals surface area contributed by atoms with Crippen molar-refractivity contribution in [1.29, 1.82) is 0 Å². The average molecular weight is 513 g/mol. The molecular formula is C31H32N2O5. The van der Waals surface area contributed by atoms with E-state index in [1.165, 1.54) is 12.5 Å². The summed E-state index contributed by atoms with van der Waals surface area (Å²) in [6, 6.07) is 18.9. The van der Waals surface area contributed by atoms with E-state index in [-0.39, 0.29) is 17.6 Å². The Morgan fingerprint density at radius 3 is 2.16 bits per heavy atom. The third-order valence-corrected chi connectivity index (χ3v) is 7.52. The second kappa shape index (κ2) is 10.3. The summed E-state index contributed by atoms with van der Waals surface area (Å²) in [5.41, 5.74) is 5.13. The summed E-state index contributed by atoms with van der Waals surface area (Å²) in [7, 11) is 4.65. The number of ketones is 1. The Morgan fingerprint density at radius 1 is 0.895 bits per heavy atom. The SMILES string of the molecule is COc1cc(C2C3C(=O)CC(c4ccc(C)cc4)CC3=Nc3ccccc3N2C(C)=O)cc(OC)c1OC. The van der Waals surface area contributed by atoms with Crippen molar-refractivity contribution in [3.8, 4) is 17.2 Å². The Hall–Kier alpha value is -4.13. The van der Waals surface area contributed by atoms with Crippen LogP contribution in [0.5, 0.6) is 17.2 Å². The van der Waals surface area contributed by atoms with Crippen molar-refractivity contribution in [2.45, 2.75) is 38.6 Å². The summed E-state index contributed by atoms with van der Waals surface area (Å²) in [6.45, 7) is 3.58. The molecule has 0 radical (unpaired) electrons. The molecule has 3 aromatic rings. The number of ether oxygens (including phenoxy) is 3. The molecule has 0 N–H and O–H groups in total. The molecular weight excluding hydrogens is 480 g/mol. The second-order valence-corrected chi connectivity index (χ2v) is 9.84. The number of methoxy groups -OCH3 is 3. The predicted molar refractivity (Wildman–Crippen MR) is 147 cm³/mol. The number of carbonyl (C=O) groups excluding carboxylic acids is 2. The van der Waals surface area contributed by atoms with E-state index in [0.717, 1.165) is 11.3 Å². The highest BCUT2D eigenvalue weighted by molar-refractivity contribution is 6.13. The molecule has 196 valence electrons. The van der Waals surface area contributed by atoms with Crippen molar-refractivity contribution in [3.63, 3.8) is 0 Å². The number of anilines is 1. The number of carbonyl (C=O) groups is 2. The van der Waals surface area contributed by atoms with Gasteiger partial charge in [-0.3, -0.25) is 14.6 Å². The molecule has 2 aliphatic rings. The van der Waals surface area contributed by atoms with Crippen molar-refractivity contribution in [3.05, 3.63) is 77.4 Å². The minimum absolute atomic E-state index is 0.0229. The van der Waals surface area contributed by atoms with Gasteiger partial charge in [-0.1, -0.05) is 42.0 Å². The normalized spacial score (nSPS) is 20.6. The molecule has 3 unspecified atom stereocenters. The molecule has 1 saturated carbocycles. The molecule has 0 spiro atoms. The summed E-state index contributed by atoms with van der Waals surface area (Å²) in [4.78, 5) is 34.1. The van der Waals surface area contributed by atoms with Crippen LogP contribution in [0, 0.1) is 12.8 Å². The molecule has 1 aliphatic carbocycles. The van der Waals surface area contributed by atoms with Gasteiger partial charge < -0.3 is 19.1 Å². The highest BCUT2D eigenvalue weighted by Crippen LogP contribution is 2.49. The molecule has 1 heterocycles. The number of fused-ring (bicyclic) bond motifs is 2. The fraction of sp³-hybridized carbons (Fsp3) is 0.323. The highest BCUT2D eigenvalue weighted by atomic mass is 16.5. The van der Waals surface area contributed by atoms with Gasteiger partial charge in [0.1, 0.15) is 5.78 Å². The van der Waals surface area contributed by atoms with Gasteiger partial charge in [-0.15, -0.1) is 0 Å². The molecule has 3 aromatic carbocycles. The van der Waals surface area contributed by atoms with Gasteiger partial charge in [0, 0.05) is 19.1 Å². The van der Waals surface area contributed by atoms with E-state index in [2.05, 4.69) is 31.2 Å². The van der Waals surface area contributed by atoms with E-state index in [0.29, 0.717) is 47.0 Å². The maximum absolute atomic E-state index is 14.1. The van der Waals surface area contributed by atoms with Crippen LogP contribution in [0.4, 0.5) is 11.4 Å². The van der Waals surface area contributed by atoms with E-state index in [4.69, 9.17) is 19.2 Å². The van der Waals surface area contributed by atoms with Gasteiger partial charge >= 0.3 is 0 Å². The number of amides is 1. The van der Waals surface area contributed by atoms with Crippen LogP contribution in [-0.4, -0.2) is 38.7 Å². The molecule has 0 aromatic heterocycles. The molecule has 1 fully saturated rings. The molecule has 0 bridgehead atoms. The Labute approximate surface area is 223 Å². The van der Waals surface area contributed by atoms with Crippen molar-refractivity contribution >= 4 is 28.8 Å². The van der Waals surface area contributed by atoms with Crippen molar-refractivity contribution in [1.82, 2.24) is 0 Å². The summed E-state index contributed by atoms with van der Waals surface area (Å²) in [5.74, 6) is 0.653. The number of rotatable bonds is 5. The van der Waals surface area contributed by atoms with Gasteiger partial charge in [0.15, 0.2) is 11.5 Å². The van der Waals surface area contributed by atoms with Crippen molar-refractivity contribution in [2.24, 2.45) is 10.9 Å². The van der Waals surface area contributed by atoms with Crippen LogP contribution in [0.3, 0.4) is 0 Å². The molecule has 1 aliphatic heterocycles. The second-order valence-electron chi connectivity index (χ2n) is 9.84. The van der Waals surface area contributed by atoms with E-state index in [1.807, 2.05) is 36.4 Å². The van der Waals surface area contributed by atoms with Crippen LogP contribution in [0.15, 0.2) is 65.7 Å². The fourth-order valence-corrected chi connectivity index (χ4v) is 5.75. The molecule has 3 atom stereocenters. The lowest BCUT2D eigenvalue weighted by Crippen LogP contribution is -2.45. The first-order chi connectivity index (χ1) is 18.4. The zero-order valence-electron chi connectivity index (χ0n) is 22.4. The van der Waals surface area contributed by atoms with Gasteiger partial charge in [0.25, 0.3) is 0 Å². The van der Waals surface area contributed by atoms with E-state index >= 15 is 0 Å². The van der Waals surface area contributed by atoms with Gasteiger partial charge in [0.05, 0.1) is 44.7 Å². The van der Waals surface area contributed by atoms with Crippen LogP contribution in [0.25, 0.3) is 0 Å². The molecule has 1 amide bonds. The smallest absolute Gasteiger partial charge is 0.224 e. The zero-order valence-corrected chi connectivity index (χ0v) is 22.4. The number of benzene rings is 3. The van der Waals surface area contributed by atoms with Crippen LogP contribution >= 0.6 is 0 Å². The predicted octanol–water partition coefficient (Wildman–Crippen LogP) is 5.96. The Morgan fingerprint density at radius 2 is 1.55 bits per heavy atom. The number of Topliss-reactive ketones (excluding diaryl/α,β-unsaturated/α-hetero) is 1. The van der Waals surface area contributed by atoms with Gasteiger partial charge in [-0.25, -0.2) is 0 Å². The van der Waals surface area contributed by atoms with Crippen LogP contribution < -0.4 is 19.1 Å². The number of para-hydroxylation sites is 2. The number of nitrogens with zero attached hydrogens (tertiary/aromatic N) is 2. The third-order valence-electron chi connectivity index (χ3n) is 7.52. The number of aliphatic imine (C=N–C) groups is 1. The topological polar surface area (TPSA) is 77.4 Å².